The van der Waals surface area contributed by atoms with Crippen LogP contribution in [0.1, 0.15) is 11.5 Å². The van der Waals surface area contributed by atoms with Crippen molar-refractivity contribution in [2.45, 2.75) is 11.6 Å². The zero-order chi connectivity index (χ0) is 10.1. The number of aromatic nitrogens is 4. The molecule has 0 amide bonds. The summed E-state index contributed by atoms with van der Waals surface area (Å²) in [6.07, 6.45) is 0.512. The summed E-state index contributed by atoms with van der Waals surface area (Å²) < 4.78 is 1.32. The summed E-state index contributed by atoms with van der Waals surface area (Å²) in [4.78, 5) is 4.09. The van der Waals surface area contributed by atoms with Gasteiger partial charge in [-0.2, -0.15) is 0 Å². The van der Waals surface area contributed by atoms with Crippen molar-refractivity contribution in [2.75, 3.05) is 11.6 Å². The highest BCUT2D eigenvalue weighted by atomic mass is 32.1. The Morgan fingerprint density at radius 2 is 2.29 bits per heavy atom. The Bertz CT molecular complexity index is 447. The fourth-order valence-electron chi connectivity index (χ4n) is 1.00. The predicted molar refractivity (Wildman–Crippen MR) is 56.8 cm³/mol. The number of hydrogen-bond donors (Lipinski definition) is 3. The molecule has 0 fully saturated rings. The number of nitrogens with zero attached hydrogens (tertiary/aromatic N) is 4. The van der Waals surface area contributed by atoms with Gasteiger partial charge in [-0.1, -0.05) is 0 Å². The molecule has 2 aromatic heterocycles. The Kier molecular flexibility index (Phi) is 2.30. The summed E-state index contributed by atoms with van der Waals surface area (Å²) in [6.45, 7) is 0. The largest absolute Gasteiger partial charge is 0.375 e. The summed E-state index contributed by atoms with van der Waals surface area (Å²) >= 11 is 5.40. The number of thiol groups is 1. The molecule has 6 nitrogen and oxygen atoms in total. The first-order valence-electron chi connectivity index (χ1n) is 3.75. The van der Waals surface area contributed by atoms with Crippen molar-refractivity contribution >= 4 is 29.1 Å². The number of anilines is 1. The zero-order valence-corrected chi connectivity index (χ0v) is 8.79. The topological polar surface area (TPSA) is 95.6 Å². The van der Waals surface area contributed by atoms with Gasteiger partial charge in [-0.15, -0.1) is 34.2 Å². The Morgan fingerprint density at radius 1 is 1.50 bits per heavy atom. The molecular weight excluding hydrogens is 220 g/mol. The Morgan fingerprint density at radius 3 is 2.79 bits per heavy atom. The van der Waals surface area contributed by atoms with Gasteiger partial charge in [0.1, 0.15) is 0 Å². The van der Waals surface area contributed by atoms with Gasteiger partial charge in [-0.05, 0) is 0 Å². The van der Waals surface area contributed by atoms with Crippen molar-refractivity contribution in [3.8, 4) is 0 Å². The molecule has 0 aliphatic rings. The van der Waals surface area contributed by atoms with Crippen LogP contribution >= 0.6 is 24.0 Å². The van der Waals surface area contributed by atoms with Gasteiger partial charge >= 0.3 is 0 Å². The van der Waals surface area contributed by atoms with Crippen LogP contribution in [0.4, 0.5) is 5.13 Å². The van der Waals surface area contributed by atoms with Gasteiger partial charge in [0.15, 0.2) is 11.0 Å². The van der Waals surface area contributed by atoms with Crippen molar-refractivity contribution in [1.82, 2.24) is 19.9 Å². The van der Waals surface area contributed by atoms with E-state index < -0.39 is 0 Å². The summed E-state index contributed by atoms with van der Waals surface area (Å²) in [5.41, 5.74) is 6.33. The number of rotatable bonds is 2. The lowest BCUT2D eigenvalue weighted by Gasteiger charge is -1.97. The normalized spacial score (nSPS) is 10.6. The molecule has 0 bridgehead atoms. The molecule has 0 saturated carbocycles. The molecule has 0 spiro atoms. The monoisotopic (exact) mass is 228 g/mol. The van der Waals surface area contributed by atoms with Crippen molar-refractivity contribution in [3.63, 3.8) is 0 Å². The average Bonchev–Trinajstić information content (AvgIpc) is 2.67. The molecule has 0 aliphatic carbocycles. The van der Waals surface area contributed by atoms with Gasteiger partial charge in [0.25, 0.3) is 0 Å². The van der Waals surface area contributed by atoms with Crippen LogP contribution in [-0.2, 0) is 6.42 Å². The molecule has 74 valence electrons. The van der Waals surface area contributed by atoms with Crippen LogP contribution in [0.2, 0.25) is 0 Å². The molecule has 0 unspecified atom stereocenters. The lowest BCUT2D eigenvalue weighted by Crippen LogP contribution is -2.13. The standard InChI is InChI=1S/C6H8N6S2/c7-5-9-3(2-14-5)1-4-10-11-6(13)12(4)8/h2H,1,8H2,(H2,7,9)(H,11,13). The van der Waals surface area contributed by atoms with E-state index in [1.807, 2.05) is 5.38 Å². The third kappa shape index (κ3) is 1.66. The lowest BCUT2D eigenvalue weighted by atomic mass is 10.3. The SMILES string of the molecule is Nc1nc(Cc2nnc(S)n2N)cs1. The molecule has 2 heterocycles. The number of nitrogens with two attached hydrogens (primary N) is 2. The van der Waals surface area contributed by atoms with E-state index in [9.17, 15) is 0 Å². The highest BCUT2D eigenvalue weighted by Crippen LogP contribution is 2.14. The number of thiazole rings is 1. The Hall–Kier alpha value is -1.28. The van der Waals surface area contributed by atoms with E-state index in [2.05, 4.69) is 27.8 Å². The third-order valence-electron chi connectivity index (χ3n) is 1.66. The van der Waals surface area contributed by atoms with Crippen LogP contribution in [0.5, 0.6) is 0 Å². The Balaban J connectivity index is 2.22. The molecule has 2 rings (SSSR count). The van der Waals surface area contributed by atoms with Crippen molar-refractivity contribution in [3.05, 3.63) is 16.9 Å². The molecule has 0 radical (unpaired) electrons. The lowest BCUT2D eigenvalue weighted by molar-refractivity contribution is 0.804. The van der Waals surface area contributed by atoms with Gasteiger partial charge in [0.05, 0.1) is 12.1 Å². The second-order valence-corrected chi connectivity index (χ2v) is 3.93. The highest BCUT2D eigenvalue weighted by molar-refractivity contribution is 7.80. The molecule has 0 atom stereocenters. The van der Waals surface area contributed by atoms with Gasteiger partial charge in [0, 0.05) is 5.38 Å². The second kappa shape index (κ2) is 3.46. The van der Waals surface area contributed by atoms with Gasteiger partial charge < -0.3 is 11.6 Å². The first kappa shape index (κ1) is 9.28. The van der Waals surface area contributed by atoms with E-state index in [0.29, 0.717) is 22.5 Å². The molecule has 4 N–H and O–H groups in total. The first-order chi connectivity index (χ1) is 6.66. The van der Waals surface area contributed by atoms with Gasteiger partial charge in [0.2, 0.25) is 5.16 Å². The van der Waals surface area contributed by atoms with E-state index in [4.69, 9.17) is 11.6 Å². The third-order valence-corrected chi connectivity index (χ3v) is 2.68. The average molecular weight is 228 g/mol. The van der Waals surface area contributed by atoms with Crippen LogP contribution < -0.4 is 11.6 Å². The van der Waals surface area contributed by atoms with Gasteiger partial charge in [-0.25, -0.2) is 9.66 Å². The van der Waals surface area contributed by atoms with Crippen LogP contribution in [0.15, 0.2) is 10.5 Å². The fraction of sp³-hybridized carbons (Fsp3) is 0.167. The second-order valence-electron chi connectivity index (χ2n) is 2.64. The Labute approximate surface area is 89.3 Å². The first-order valence-corrected chi connectivity index (χ1v) is 5.07. The molecule has 0 aromatic carbocycles. The summed E-state index contributed by atoms with van der Waals surface area (Å²) in [5, 5.41) is 10.3. The minimum Gasteiger partial charge on any atom is -0.375 e. The predicted octanol–water partition coefficient (Wildman–Crippen LogP) is -0.0899. The van der Waals surface area contributed by atoms with E-state index in [1.54, 1.807) is 0 Å². The molecular formula is C6H8N6S2. The summed E-state index contributed by atoms with van der Waals surface area (Å²) in [7, 11) is 0. The van der Waals surface area contributed by atoms with Crippen molar-refractivity contribution < 1.29 is 0 Å². The molecule has 8 heteroatoms. The maximum absolute atomic E-state index is 5.62. The quantitative estimate of drug-likeness (QED) is 0.493. The molecule has 14 heavy (non-hydrogen) atoms. The van der Waals surface area contributed by atoms with Crippen LogP contribution in [-0.4, -0.2) is 19.9 Å². The summed E-state index contributed by atoms with van der Waals surface area (Å²) in [6, 6.07) is 0. The zero-order valence-electron chi connectivity index (χ0n) is 7.08. The van der Waals surface area contributed by atoms with Crippen molar-refractivity contribution in [2.24, 2.45) is 0 Å². The number of nitrogen functional groups attached to an aromatic ring is 2. The van der Waals surface area contributed by atoms with E-state index in [-0.39, 0.29) is 0 Å². The van der Waals surface area contributed by atoms with E-state index in [1.165, 1.54) is 16.0 Å². The van der Waals surface area contributed by atoms with Crippen LogP contribution in [0.25, 0.3) is 0 Å². The van der Waals surface area contributed by atoms with Gasteiger partial charge in [-0.3, -0.25) is 0 Å². The maximum atomic E-state index is 5.62. The maximum Gasteiger partial charge on any atom is 0.206 e. The van der Waals surface area contributed by atoms with Crippen LogP contribution in [0, 0.1) is 0 Å². The van der Waals surface area contributed by atoms with E-state index in [0.717, 1.165) is 5.69 Å². The highest BCUT2D eigenvalue weighted by Gasteiger charge is 2.08. The van der Waals surface area contributed by atoms with E-state index >= 15 is 0 Å². The minimum absolute atomic E-state index is 0.378. The number of hydrogen-bond acceptors (Lipinski definition) is 7. The fourth-order valence-corrected chi connectivity index (χ4v) is 1.72. The molecule has 0 aliphatic heterocycles. The van der Waals surface area contributed by atoms with Crippen LogP contribution in [0.3, 0.4) is 0 Å². The van der Waals surface area contributed by atoms with Crippen molar-refractivity contribution in [1.29, 1.82) is 0 Å². The smallest absolute Gasteiger partial charge is 0.206 e. The molecule has 2 aromatic rings. The summed E-state index contributed by atoms with van der Waals surface area (Å²) in [5.74, 6) is 6.23. The minimum atomic E-state index is 0.378. The molecule has 0 saturated heterocycles.